The SMILES string of the molecule is CCNC(=NCCCNc1ccccc1)N1CCC(CC(=O)NC)CC1. The van der Waals surface area contributed by atoms with Gasteiger partial charge >= 0.3 is 0 Å². The minimum absolute atomic E-state index is 0.148. The first-order valence-electron chi connectivity index (χ1n) is 9.75. The number of nitrogens with one attached hydrogen (secondary N) is 3. The van der Waals surface area contributed by atoms with Gasteiger partial charge in [-0.2, -0.15) is 0 Å². The molecule has 0 spiro atoms. The quantitative estimate of drug-likeness (QED) is 0.378. The van der Waals surface area contributed by atoms with Gasteiger partial charge < -0.3 is 20.9 Å². The molecule has 1 amide bonds. The molecule has 1 saturated heterocycles. The van der Waals surface area contributed by atoms with E-state index in [0.717, 1.165) is 63.6 Å². The van der Waals surface area contributed by atoms with Crippen LogP contribution in [0.2, 0.25) is 0 Å². The van der Waals surface area contributed by atoms with E-state index in [9.17, 15) is 4.79 Å². The fourth-order valence-corrected chi connectivity index (χ4v) is 3.19. The maximum Gasteiger partial charge on any atom is 0.220 e. The third kappa shape index (κ3) is 6.94. The Labute approximate surface area is 157 Å². The lowest BCUT2D eigenvalue weighted by molar-refractivity contribution is -0.121. The summed E-state index contributed by atoms with van der Waals surface area (Å²) in [5.41, 5.74) is 1.15. The van der Waals surface area contributed by atoms with E-state index in [4.69, 9.17) is 4.99 Å². The summed E-state index contributed by atoms with van der Waals surface area (Å²) in [7, 11) is 1.71. The van der Waals surface area contributed by atoms with Gasteiger partial charge in [0.15, 0.2) is 5.96 Å². The summed E-state index contributed by atoms with van der Waals surface area (Å²) in [6, 6.07) is 10.3. The van der Waals surface area contributed by atoms with Gasteiger partial charge in [-0.1, -0.05) is 18.2 Å². The number of piperidine rings is 1. The summed E-state index contributed by atoms with van der Waals surface area (Å²) >= 11 is 0. The minimum atomic E-state index is 0.148. The van der Waals surface area contributed by atoms with Crippen LogP contribution in [0.3, 0.4) is 0 Å². The predicted octanol–water partition coefficient (Wildman–Crippen LogP) is 2.30. The van der Waals surface area contributed by atoms with Crippen molar-refractivity contribution in [1.29, 1.82) is 0 Å². The topological polar surface area (TPSA) is 68.8 Å². The predicted molar refractivity (Wildman–Crippen MR) is 109 cm³/mol. The second-order valence-corrected chi connectivity index (χ2v) is 6.69. The van der Waals surface area contributed by atoms with Crippen molar-refractivity contribution in [2.45, 2.75) is 32.6 Å². The normalized spacial score (nSPS) is 15.6. The molecular formula is C20H33N5O. The fourth-order valence-electron chi connectivity index (χ4n) is 3.19. The van der Waals surface area contributed by atoms with Gasteiger partial charge in [-0.15, -0.1) is 0 Å². The number of anilines is 1. The molecule has 6 nitrogen and oxygen atoms in total. The second kappa shape index (κ2) is 11.4. The first-order valence-corrected chi connectivity index (χ1v) is 9.75. The minimum Gasteiger partial charge on any atom is -0.385 e. The van der Waals surface area contributed by atoms with Gasteiger partial charge in [0.2, 0.25) is 5.91 Å². The van der Waals surface area contributed by atoms with Gasteiger partial charge in [-0.25, -0.2) is 0 Å². The van der Waals surface area contributed by atoms with Crippen LogP contribution >= 0.6 is 0 Å². The molecule has 0 radical (unpaired) electrons. The molecule has 1 aromatic carbocycles. The molecule has 1 heterocycles. The highest BCUT2D eigenvalue weighted by Gasteiger charge is 2.22. The van der Waals surface area contributed by atoms with Crippen molar-refractivity contribution in [3.05, 3.63) is 30.3 Å². The van der Waals surface area contributed by atoms with Crippen molar-refractivity contribution in [1.82, 2.24) is 15.5 Å². The highest BCUT2D eigenvalue weighted by Crippen LogP contribution is 2.20. The molecular weight excluding hydrogens is 326 g/mol. The van der Waals surface area contributed by atoms with E-state index < -0.39 is 0 Å². The number of nitrogens with zero attached hydrogens (tertiary/aromatic N) is 2. The zero-order valence-electron chi connectivity index (χ0n) is 16.1. The highest BCUT2D eigenvalue weighted by molar-refractivity contribution is 5.80. The summed E-state index contributed by atoms with van der Waals surface area (Å²) in [4.78, 5) is 18.6. The highest BCUT2D eigenvalue weighted by atomic mass is 16.1. The third-order valence-electron chi connectivity index (χ3n) is 4.70. The Morgan fingerprint density at radius 2 is 1.96 bits per heavy atom. The van der Waals surface area contributed by atoms with E-state index in [1.807, 2.05) is 18.2 Å². The van der Waals surface area contributed by atoms with Crippen LogP contribution in [-0.2, 0) is 4.79 Å². The van der Waals surface area contributed by atoms with E-state index in [2.05, 4.69) is 39.9 Å². The Morgan fingerprint density at radius 1 is 1.23 bits per heavy atom. The van der Waals surface area contributed by atoms with E-state index in [0.29, 0.717) is 12.3 Å². The van der Waals surface area contributed by atoms with Crippen LogP contribution in [0.4, 0.5) is 5.69 Å². The molecule has 0 unspecified atom stereocenters. The lowest BCUT2D eigenvalue weighted by atomic mass is 9.93. The molecule has 0 saturated carbocycles. The van der Waals surface area contributed by atoms with Gasteiger partial charge in [-0.05, 0) is 44.2 Å². The standard InChI is InChI=1S/C20H33N5O/c1-3-22-20(24-13-7-12-23-18-8-5-4-6-9-18)25-14-10-17(11-15-25)16-19(26)21-2/h4-6,8-9,17,23H,3,7,10-16H2,1-2H3,(H,21,26)(H,22,24). The molecule has 1 fully saturated rings. The lowest BCUT2D eigenvalue weighted by Gasteiger charge is -2.34. The smallest absolute Gasteiger partial charge is 0.220 e. The van der Waals surface area contributed by atoms with Crippen molar-refractivity contribution >= 4 is 17.6 Å². The lowest BCUT2D eigenvalue weighted by Crippen LogP contribution is -2.46. The van der Waals surface area contributed by atoms with Gasteiger partial charge in [0.1, 0.15) is 0 Å². The van der Waals surface area contributed by atoms with Crippen LogP contribution in [0, 0.1) is 5.92 Å². The Balaban J connectivity index is 1.73. The number of carbonyl (C=O) groups is 1. The molecule has 0 atom stereocenters. The van der Waals surface area contributed by atoms with Crippen molar-refractivity contribution in [2.75, 3.05) is 45.1 Å². The van der Waals surface area contributed by atoms with Crippen LogP contribution < -0.4 is 16.0 Å². The fraction of sp³-hybridized carbons (Fsp3) is 0.600. The number of amides is 1. The van der Waals surface area contributed by atoms with E-state index in [1.165, 1.54) is 0 Å². The zero-order chi connectivity index (χ0) is 18.6. The van der Waals surface area contributed by atoms with Crippen molar-refractivity contribution in [3.63, 3.8) is 0 Å². The van der Waals surface area contributed by atoms with Gasteiger partial charge in [0.05, 0.1) is 0 Å². The van der Waals surface area contributed by atoms with Crippen LogP contribution in [0.5, 0.6) is 0 Å². The first-order chi connectivity index (χ1) is 12.7. The number of aliphatic imine (C=N–C) groups is 1. The Hall–Kier alpha value is -2.24. The first kappa shape index (κ1) is 20.1. The third-order valence-corrected chi connectivity index (χ3v) is 4.70. The molecule has 1 aliphatic heterocycles. The van der Waals surface area contributed by atoms with Crippen molar-refractivity contribution < 1.29 is 4.79 Å². The average molecular weight is 360 g/mol. The number of benzene rings is 1. The summed E-state index contributed by atoms with van der Waals surface area (Å²) in [6.45, 7) is 6.64. The molecule has 144 valence electrons. The number of carbonyl (C=O) groups excluding carboxylic acids is 1. The Bertz CT molecular complexity index is 553. The molecule has 3 N–H and O–H groups in total. The summed E-state index contributed by atoms with van der Waals surface area (Å²) in [5, 5.41) is 9.55. The number of rotatable bonds is 8. The van der Waals surface area contributed by atoms with Gasteiger partial charge in [-0.3, -0.25) is 9.79 Å². The van der Waals surface area contributed by atoms with Crippen LogP contribution in [-0.4, -0.2) is 56.5 Å². The molecule has 26 heavy (non-hydrogen) atoms. The number of likely N-dealkylation sites (tertiary alicyclic amines) is 1. The molecule has 0 aliphatic carbocycles. The average Bonchev–Trinajstić information content (AvgIpc) is 2.68. The number of hydrogen-bond acceptors (Lipinski definition) is 3. The van der Waals surface area contributed by atoms with E-state index in [-0.39, 0.29) is 5.91 Å². The van der Waals surface area contributed by atoms with Crippen molar-refractivity contribution in [2.24, 2.45) is 10.9 Å². The summed E-state index contributed by atoms with van der Waals surface area (Å²) < 4.78 is 0. The molecule has 1 aromatic rings. The van der Waals surface area contributed by atoms with Crippen LogP contribution in [0.1, 0.15) is 32.6 Å². The van der Waals surface area contributed by atoms with Gasteiger partial charge in [0, 0.05) is 51.9 Å². The van der Waals surface area contributed by atoms with E-state index >= 15 is 0 Å². The van der Waals surface area contributed by atoms with Crippen LogP contribution in [0.25, 0.3) is 0 Å². The number of hydrogen-bond donors (Lipinski definition) is 3. The Kier molecular flexibility index (Phi) is 8.79. The van der Waals surface area contributed by atoms with Gasteiger partial charge in [0.25, 0.3) is 0 Å². The van der Waals surface area contributed by atoms with Crippen LogP contribution in [0.15, 0.2) is 35.3 Å². The zero-order valence-corrected chi connectivity index (χ0v) is 16.1. The maximum atomic E-state index is 11.5. The summed E-state index contributed by atoms with van der Waals surface area (Å²) in [5.74, 6) is 1.64. The largest absolute Gasteiger partial charge is 0.385 e. The Morgan fingerprint density at radius 3 is 2.62 bits per heavy atom. The summed E-state index contributed by atoms with van der Waals surface area (Å²) in [6.07, 6.45) is 3.74. The molecule has 2 rings (SSSR count). The molecule has 0 bridgehead atoms. The molecule has 1 aliphatic rings. The monoisotopic (exact) mass is 359 g/mol. The number of guanidine groups is 1. The maximum absolute atomic E-state index is 11.5. The van der Waals surface area contributed by atoms with E-state index in [1.54, 1.807) is 7.05 Å². The number of para-hydroxylation sites is 1. The molecule has 0 aromatic heterocycles. The van der Waals surface area contributed by atoms with Crippen molar-refractivity contribution in [3.8, 4) is 0 Å². The second-order valence-electron chi connectivity index (χ2n) is 6.69. The molecule has 6 heteroatoms.